The van der Waals surface area contributed by atoms with Gasteiger partial charge >= 0.3 is 0 Å². The summed E-state index contributed by atoms with van der Waals surface area (Å²) in [6.07, 6.45) is 4.92. The molecule has 1 saturated heterocycles. The molecule has 94 valence electrons. The second kappa shape index (κ2) is 6.70. The zero-order valence-corrected chi connectivity index (χ0v) is 9.97. The van der Waals surface area contributed by atoms with Crippen LogP contribution in [0.15, 0.2) is 5.16 Å². The van der Waals surface area contributed by atoms with E-state index >= 15 is 0 Å². The summed E-state index contributed by atoms with van der Waals surface area (Å²) in [5.41, 5.74) is 5.55. The van der Waals surface area contributed by atoms with E-state index in [0.717, 1.165) is 19.4 Å². The van der Waals surface area contributed by atoms with Crippen LogP contribution in [0.4, 0.5) is 0 Å². The molecule has 1 fully saturated rings. The van der Waals surface area contributed by atoms with Gasteiger partial charge in [0, 0.05) is 18.5 Å². The molecule has 2 unspecified atom stereocenters. The summed E-state index contributed by atoms with van der Waals surface area (Å²) in [6.45, 7) is 3.30. The first kappa shape index (κ1) is 13.3. The number of rotatable bonds is 5. The molecule has 4 N–H and O–H groups in total. The number of nitrogens with zero attached hydrogens (tertiary/aromatic N) is 2. The third-order valence-electron chi connectivity index (χ3n) is 3.40. The maximum Gasteiger partial charge on any atom is 0.140 e. The van der Waals surface area contributed by atoms with Crippen LogP contribution in [0.5, 0.6) is 0 Å². The first-order valence-corrected chi connectivity index (χ1v) is 6.05. The van der Waals surface area contributed by atoms with Gasteiger partial charge < -0.3 is 16.0 Å². The second-order valence-corrected chi connectivity index (χ2v) is 4.43. The number of oxime groups is 1. The molecule has 0 bridgehead atoms. The molecule has 2 atom stereocenters. The smallest absolute Gasteiger partial charge is 0.140 e. The highest BCUT2D eigenvalue weighted by Gasteiger charge is 2.27. The third kappa shape index (κ3) is 3.35. The van der Waals surface area contributed by atoms with Crippen LogP contribution < -0.4 is 5.73 Å². The Morgan fingerprint density at radius 3 is 2.88 bits per heavy atom. The minimum absolute atomic E-state index is 0.201. The minimum Gasteiger partial charge on any atom is -0.409 e. The van der Waals surface area contributed by atoms with Crippen LogP contribution >= 0.6 is 0 Å². The number of likely N-dealkylation sites (tertiary alicyclic amines) is 1. The molecule has 0 aliphatic carbocycles. The van der Waals surface area contributed by atoms with Gasteiger partial charge in [0.15, 0.2) is 0 Å². The van der Waals surface area contributed by atoms with Crippen molar-refractivity contribution in [2.24, 2.45) is 10.9 Å². The molecular formula is C11H23N3O2. The number of piperidine rings is 1. The molecule has 1 aliphatic heterocycles. The number of aliphatic hydroxyl groups excluding tert-OH is 1. The van der Waals surface area contributed by atoms with Crippen molar-refractivity contribution in [1.82, 2.24) is 4.90 Å². The first-order chi connectivity index (χ1) is 7.72. The van der Waals surface area contributed by atoms with Crippen molar-refractivity contribution < 1.29 is 10.3 Å². The van der Waals surface area contributed by atoms with E-state index in [0.29, 0.717) is 6.42 Å². The van der Waals surface area contributed by atoms with E-state index in [2.05, 4.69) is 17.0 Å². The van der Waals surface area contributed by atoms with Crippen LogP contribution in [0, 0.1) is 0 Å². The summed E-state index contributed by atoms with van der Waals surface area (Å²) in [5, 5.41) is 21.0. The normalized spacial score (nSPS) is 25.6. The molecule has 1 heterocycles. The Bertz CT molecular complexity index is 233. The lowest BCUT2D eigenvalue weighted by Gasteiger charge is -2.40. The molecule has 0 saturated carbocycles. The lowest BCUT2D eigenvalue weighted by atomic mass is 9.97. The van der Waals surface area contributed by atoms with Crippen molar-refractivity contribution >= 4 is 5.84 Å². The summed E-state index contributed by atoms with van der Waals surface area (Å²) in [6, 6.07) is 0.513. The van der Waals surface area contributed by atoms with Gasteiger partial charge in [0.05, 0.1) is 6.61 Å². The summed E-state index contributed by atoms with van der Waals surface area (Å²) in [5.74, 6) is 0.272. The van der Waals surface area contributed by atoms with Gasteiger partial charge in [-0.05, 0) is 25.8 Å². The van der Waals surface area contributed by atoms with Gasteiger partial charge in [-0.2, -0.15) is 0 Å². The highest BCUT2D eigenvalue weighted by atomic mass is 16.4. The molecule has 0 aromatic rings. The molecule has 0 aromatic carbocycles. The van der Waals surface area contributed by atoms with Gasteiger partial charge in [-0.1, -0.05) is 18.5 Å². The van der Waals surface area contributed by atoms with Gasteiger partial charge in [0.1, 0.15) is 5.84 Å². The molecular weight excluding hydrogens is 206 g/mol. The number of hydrogen-bond acceptors (Lipinski definition) is 4. The van der Waals surface area contributed by atoms with Gasteiger partial charge in [-0.3, -0.25) is 4.90 Å². The quantitative estimate of drug-likeness (QED) is 0.281. The van der Waals surface area contributed by atoms with E-state index in [-0.39, 0.29) is 24.5 Å². The van der Waals surface area contributed by atoms with E-state index in [4.69, 9.17) is 10.9 Å². The van der Waals surface area contributed by atoms with E-state index in [1.54, 1.807) is 0 Å². The van der Waals surface area contributed by atoms with Crippen LogP contribution in [0.2, 0.25) is 0 Å². The summed E-state index contributed by atoms with van der Waals surface area (Å²) in [4.78, 5) is 2.31. The highest BCUT2D eigenvalue weighted by molar-refractivity contribution is 5.80. The predicted octanol–water partition coefficient (Wildman–Crippen LogP) is 0.748. The minimum atomic E-state index is 0.201. The Labute approximate surface area is 96.9 Å². The lowest BCUT2D eigenvalue weighted by molar-refractivity contribution is 0.0534. The van der Waals surface area contributed by atoms with E-state index in [1.807, 2.05) is 0 Å². The van der Waals surface area contributed by atoms with Gasteiger partial charge in [0.25, 0.3) is 0 Å². The fourth-order valence-electron chi connectivity index (χ4n) is 2.48. The standard InChI is InChI=1S/C11H23N3O2/c1-2-9(7-11(12)13-16)14-6-4-3-5-10(14)8-15/h9-10,15-16H,2-8H2,1H3,(H2,12,13). The van der Waals surface area contributed by atoms with Gasteiger partial charge in [-0.15, -0.1) is 0 Å². The number of nitrogens with two attached hydrogens (primary N) is 1. The van der Waals surface area contributed by atoms with Crippen molar-refractivity contribution in [3.8, 4) is 0 Å². The predicted molar refractivity (Wildman–Crippen MR) is 63.5 cm³/mol. The van der Waals surface area contributed by atoms with Crippen molar-refractivity contribution in [2.75, 3.05) is 13.2 Å². The molecule has 1 aliphatic rings. The second-order valence-electron chi connectivity index (χ2n) is 4.43. The fraction of sp³-hybridized carbons (Fsp3) is 0.909. The van der Waals surface area contributed by atoms with Crippen LogP contribution in [0.3, 0.4) is 0 Å². The van der Waals surface area contributed by atoms with Crippen LogP contribution in [0.25, 0.3) is 0 Å². The average Bonchev–Trinajstić information content (AvgIpc) is 2.35. The molecule has 0 spiro atoms. The zero-order valence-electron chi connectivity index (χ0n) is 9.97. The Morgan fingerprint density at radius 2 is 2.31 bits per heavy atom. The van der Waals surface area contributed by atoms with Crippen LogP contribution in [-0.4, -0.2) is 46.3 Å². The maximum atomic E-state index is 9.34. The highest BCUT2D eigenvalue weighted by Crippen LogP contribution is 2.22. The molecule has 5 heteroatoms. The van der Waals surface area contributed by atoms with Crippen molar-refractivity contribution in [1.29, 1.82) is 0 Å². The topological polar surface area (TPSA) is 82.1 Å². The summed E-state index contributed by atoms with van der Waals surface area (Å²) >= 11 is 0. The number of hydrogen-bond donors (Lipinski definition) is 3. The number of aliphatic hydroxyl groups is 1. The third-order valence-corrected chi connectivity index (χ3v) is 3.40. The van der Waals surface area contributed by atoms with Crippen LogP contribution in [-0.2, 0) is 0 Å². The first-order valence-electron chi connectivity index (χ1n) is 6.05. The lowest BCUT2D eigenvalue weighted by Crippen LogP contribution is -2.49. The van der Waals surface area contributed by atoms with Gasteiger partial charge in [0.2, 0.25) is 0 Å². The van der Waals surface area contributed by atoms with Gasteiger partial charge in [-0.25, -0.2) is 0 Å². The monoisotopic (exact) mass is 229 g/mol. The molecule has 0 amide bonds. The molecule has 5 nitrogen and oxygen atoms in total. The summed E-state index contributed by atoms with van der Waals surface area (Å²) in [7, 11) is 0. The molecule has 16 heavy (non-hydrogen) atoms. The fourth-order valence-corrected chi connectivity index (χ4v) is 2.48. The number of amidine groups is 1. The summed E-state index contributed by atoms with van der Waals surface area (Å²) < 4.78 is 0. The van der Waals surface area contributed by atoms with Crippen molar-refractivity contribution in [2.45, 2.75) is 51.1 Å². The Kier molecular flexibility index (Phi) is 5.55. The Hall–Kier alpha value is -0.810. The molecule has 0 radical (unpaired) electrons. The van der Waals surface area contributed by atoms with Crippen molar-refractivity contribution in [3.63, 3.8) is 0 Å². The SMILES string of the molecule is CCC(C/C(N)=N/O)N1CCCCC1CO. The molecule has 1 rings (SSSR count). The Morgan fingerprint density at radius 1 is 1.56 bits per heavy atom. The largest absolute Gasteiger partial charge is 0.409 e. The maximum absolute atomic E-state index is 9.34. The van der Waals surface area contributed by atoms with E-state index in [1.165, 1.54) is 12.8 Å². The van der Waals surface area contributed by atoms with E-state index < -0.39 is 0 Å². The zero-order chi connectivity index (χ0) is 12.0. The molecule has 0 aromatic heterocycles. The van der Waals surface area contributed by atoms with E-state index in [9.17, 15) is 5.11 Å². The Balaban J connectivity index is 2.61. The van der Waals surface area contributed by atoms with Crippen molar-refractivity contribution in [3.05, 3.63) is 0 Å². The average molecular weight is 229 g/mol. The van der Waals surface area contributed by atoms with Crippen LogP contribution in [0.1, 0.15) is 39.0 Å².